The highest BCUT2D eigenvalue weighted by molar-refractivity contribution is 7.90. The van der Waals surface area contributed by atoms with Gasteiger partial charge in [-0.15, -0.1) is 0 Å². The number of carbonyl (C=O) groups excluding carboxylic acids is 2. The second kappa shape index (κ2) is 9.11. The molecule has 3 fully saturated rings. The number of benzene rings is 1. The molecule has 2 heterocycles. The lowest BCUT2D eigenvalue weighted by atomic mass is 9.80. The molecule has 11 heteroatoms. The van der Waals surface area contributed by atoms with Crippen LogP contribution in [-0.2, 0) is 20.6 Å². The van der Waals surface area contributed by atoms with Gasteiger partial charge in [0.1, 0.15) is 11.9 Å². The van der Waals surface area contributed by atoms with E-state index in [1.807, 2.05) is 0 Å². The molecular weight excluding hydrogens is 507 g/mol. The number of rotatable bonds is 7. The third-order valence-corrected chi connectivity index (χ3v) is 8.69. The van der Waals surface area contributed by atoms with Crippen LogP contribution in [0.2, 0.25) is 0 Å². The van der Waals surface area contributed by atoms with Crippen LogP contribution in [-0.4, -0.2) is 48.5 Å². The van der Waals surface area contributed by atoms with Gasteiger partial charge in [0, 0.05) is 31.0 Å². The number of sulfone groups is 1. The molecule has 2 aromatic rings. The second-order valence-corrected chi connectivity index (χ2v) is 12.4. The van der Waals surface area contributed by atoms with E-state index in [2.05, 4.69) is 10.3 Å². The van der Waals surface area contributed by atoms with E-state index in [9.17, 15) is 31.2 Å². The SMILES string of the molecule is CC(F)(F)c1ccc([C@H](NC(=O)[C@H]2C[C@H]3CC[C@H]3N2C(=O)c2ccnc(S(C)(=O)=O)c2)C2CC2)cc1F. The summed E-state index contributed by atoms with van der Waals surface area (Å²) >= 11 is 0. The quantitative estimate of drug-likeness (QED) is 0.578. The molecule has 5 rings (SSSR count). The lowest BCUT2D eigenvalue weighted by Crippen LogP contribution is -2.51. The van der Waals surface area contributed by atoms with E-state index in [1.165, 1.54) is 29.3 Å². The van der Waals surface area contributed by atoms with Gasteiger partial charge < -0.3 is 10.2 Å². The number of nitrogens with one attached hydrogen (secondary N) is 1. The van der Waals surface area contributed by atoms with Gasteiger partial charge in [0.15, 0.2) is 14.9 Å². The summed E-state index contributed by atoms with van der Waals surface area (Å²) in [6, 6.07) is 4.73. The number of nitrogens with zero attached hydrogens (tertiary/aromatic N) is 2. The van der Waals surface area contributed by atoms with E-state index in [4.69, 9.17) is 0 Å². The Hall–Kier alpha value is -2.95. The second-order valence-electron chi connectivity index (χ2n) is 10.5. The molecule has 1 aromatic carbocycles. The highest BCUT2D eigenvalue weighted by atomic mass is 32.2. The lowest BCUT2D eigenvalue weighted by Gasteiger charge is -2.37. The number of halogens is 3. The fourth-order valence-corrected chi connectivity index (χ4v) is 6.07. The van der Waals surface area contributed by atoms with Crippen molar-refractivity contribution in [3.8, 4) is 0 Å². The maximum atomic E-state index is 14.5. The van der Waals surface area contributed by atoms with Crippen molar-refractivity contribution >= 4 is 21.7 Å². The van der Waals surface area contributed by atoms with Gasteiger partial charge in [-0.05, 0) is 73.8 Å². The van der Waals surface area contributed by atoms with Crippen LogP contribution in [0.3, 0.4) is 0 Å². The first-order chi connectivity index (χ1) is 17.3. The monoisotopic (exact) mass is 535 g/mol. The summed E-state index contributed by atoms with van der Waals surface area (Å²) in [7, 11) is -3.63. The Morgan fingerprint density at radius 2 is 1.86 bits per heavy atom. The lowest BCUT2D eigenvalue weighted by molar-refractivity contribution is -0.126. The van der Waals surface area contributed by atoms with E-state index in [0.717, 1.165) is 44.1 Å². The zero-order valence-corrected chi connectivity index (χ0v) is 21.3. The van der Waals surface area contributed by atoms with Crippen LogP contribution in [0.1, 0.15) is 66.6 Å². The molecule has 3 aliphatic rings. The molecule has 2 aliphatic carbocycles. The van der Waals surface area contributed by atoms with Crippen molar-refractivity contribution in [1.29, 1.82) is 0 Å². The number of amides is 2. The van der Waals surface area contributed by atoms with Gasteiger partial charge in [-0.25, -0.2) is 26.6 Å². The molecule has 1 aliphatic heterocycles. The molecule has 37 heavy (non-hydrogen) atoms. The Labute approximate surface area is 213 Å². The Bertz CT molecular complexity index is 1360. The van der Waals surface area contributed by atoms with E-state index < -0.39 is 45.1 Å². The number of likely N-dealkylation sites (tertiary alicyclic amines) is 1. The third kappa shape index (κ3) is 4.97. The molecule has 0 spiro atoms. The molecular formula is C26H28F3N3O4S. The number of fused-ring (bicyclic) bond motifs is 1. The minimum Gasteiger partial charge on any atom is -0.347 e. The van der Waals surface area contributed by atoms with E-state index in [-0.39, 0.29) is 34.4 Å². The Kier molecular flexibility index (Phi) is 6.32. The number of pyridine rings is 1. The highest BCUT2D eigenvalue weighted by Gasteiger charge is 2.52. The van der Waals surface area contributed by atoms with Gasteiger partial charge in [-0.2, -0.15) is 0 Å². The molecule has 1 N–H and O–H groups in total. The van der Waals surface area contributed by atoms with Gasteiger partial charge in [-0.3, -0.25) is 9.59 Å². The Balaban J connectivity index is 1.40. The average Bonchev–Trinajstić information content (AvgIpc) is 3.60. The molecule has 7 nitrogen and oxygen atoms in total. The molecule has 0 radical (unpaired) electrons. The first-order valence-electron chi connectivity index (χ1n) is 12.3. The van der Waals surface area contributed by atoms with Gasteiger partial charge in [0.05, 0.1) is 11.6 Å². The first-order valence-corrected chi connectivity index (χ1v) is 14.2. The van der Waals surface area contributed by atoms with Gasteiger partial charge in [-0.1, -0.05) is 6.07 Å². The molecule has 1 aromatic heterocycles. The maximum Gasteiger partial charge on any atom is 0.273 e. The molecule has 2 saturated carbocycles. The van der Waals surface area contributed by atoms with Crippen molar-refractivity contribution in [2.24, 2.45) is 11.8 Å². The van der Waals surface area contributed by atoms with E-state index in [1.54, 1.807) is 0 Å². The van der Waals surface area contributed by atoms with Crippen LogP contribution in [0, 0.1) is 17.7 Å². The van der Waals surface area contributed by atoms with Gasteiger partial charge in [0.2, 0.25) is 5.91 Å². The minimum absolute atomic E-state index is 0.0520. The van der Waals surface area contributed by atoms with E-state index >= 15 is 0 Å². The standard InChI is InChI=1S/C26H28F3N3O4S/c1-26(28,29)18-7-5-16(11-19(18)27)23(14-3-4-14)31-24(33)21-12-15-6-8-20(15)32(21)25(34)17-9-10-30-22(13-17)37(2,35)36/h5,7,9-11,13-15,20-21,23H,3-4,6,8,12H2,1-2H3,(H,31,33)/t15-,20-,21-,23-/m1/s1. The van der Waals surface area contributed by atoms with E-state index in [0.29, 0.717) is 18.9 Å². The van der Waals surface area contributed by atoms with Crippen molar-refractivity contribution < 1.29 is 31.2 Å². The van der Waals surface area contributed by atoms with Crippen molar-refractivity contribution in [3.05, 3.63) is 59.0 Å². The van der Waals surface area contributed by atoms with Crippen molar-refractivity contribution in [1.82, 2.24) is 15.2 Å². The summed E-state index contributed by atoms with van der Waals surface area (Å²) in [4.78, 5) is 32.4. The van der Waals surface area contributed by atoms with Crippen LogP contribution < -0.4 is 5.32 Å². The highest BCUT2D eigenvalue weighted by Crippen LogP contribution is 2.46. The number of hydrogen-bond acceptors (Lipinski definition) is 5. The predicted molar refractivity (Wildman–Crippen MR) is 128 cm³/mol. The summed E-state index contributed by atoms with van der Waals surface area (Å²) in [6.45, 7) is 0.632. The average molecular weight is 536 g/mol. The van der Waals surface area contributed by atoms with Crippen LogP contribution >= 0.6 is 0 Å². The summed E-state index contributed by atoms with van der Waals surface area (Å²) in [6.07, 6.45) is 5.98. The molecule has 0 bridgehead atoms. The van der Waals surface area contributed by atoms with Gasteiger partial charge in [0.25, 0.3) is 11.8 Å². The Morgan fingerprint density at radius 3 is 2.43 bits per heavy atom. The van der Waals surface area contributed by atoms with Crippen molar-refractivity contribution in [2.45, 2.75) is 68.1 Å². The zero-order chi connectivity index (χ0) is 26.7. The fourth-order valence-electron chi connectivity index (χ4n) is 5.48. The Morgan fingerprint density at radius 1 is 1.14 bits per heavy atom. The predicted octanol–water partition coefficient (Wildman–Crippen LogP) is 4.00. The minimum atomic E-state index is -3.63. The normalized spacial score (nSPS) is 24.2. The maximum absolute atomic E-state index is 14.5. The number of alkyl halides is 2. The largest absolute Gasteiger partial charge is 0.347 e. The molecule has 1 saturated heterocycles. The summed E-state index contributed by atoms with van der Waals surface area (Å²) < 4.78 is 65.7. The summed E-state index contributed by atoms with van der Waals surface area (Å²) in [5.74, 6) is -4.96. The van der Waals surface area contributed by atoms with Crippen LogP contribution in [0.25, 0.3) is 0 Å². The number of aromatic nitrogens is 1. The molecule has 2 amide bonds. The fraction of sp³-hybridized carbons (Fsp3) is 0.500. The van der Waals surface area contributed by atoms with Crippen LogP contribution in [0.15, 0.2) is 41.6 Å². The number of carbonyl (C=O) groups is 2. The van der Waals surface area contributed by atoms with Crippen LogP contribution in [0.4, 0.5) is 13.2 Å². The summed E-state index contributed by atoms with van der Waals surface area (Å²) in [5, 5.41) is 2.75. The molecule has 4 atom stereocenters. The zero-order valence-electron chi connectivity index (χ0n) is 20.5. The van der Waals surface area contributed by atoms with Crippen molar-refractivity contribution in [2.75, 3.05) is 6.26 Å². The summed E-state index contributed by atoms with van der Waals surface area (Å²) in [5.41, 5.74) is -0.156. The van der Waals surface area contributed by atoms with Gasteiger partial charge >= 0.3 is 0 Å². The molecule has 0 unspecified atom stereocenters. The first kappa shape index (κ1) is 25.7. The van der Waals surface area contributed by atoms with Crippen molar-refractivity contribution in [3.63, 3.8) is 0 Å². The number of hydrogen-bond donors (Lipinski definition) is 1. The molecule has 198 valence electrons. The topological polar surface area (TPSA) is 96.4 Å². The smallest absolute Gasteiger partial charge is 0.273 e. The van der Waals surface area contributed by atoms with Crippen LogP contribution in [0.5, 0.6) is 0 Å². The third-order valence-electron chi connectivity index (χ3n) is 7.71.